The fourth-order valence-corrected chi connectivity index (χ4v) is 5.61. The van der Waals surface area contributed by atoms with Crippen LogP contribution in [0.4, 0.5) is 5.69 Å². The third-order valence-corrected chi connectivity index (χ3v) is 8.44. The highest BCUT2D eigenvalue weighted by molar-refractivity contribution is 7.92. The molecule has 0 saturated carbocycles. The minimum absolute atomic E-state index is 0.0274. The van der Waals surface area contributed by atoms with Gasteiger partial charge < -0.3 is 10.2 Å². The number of nitrogens with zero attached hydrogens (tertiary/aromatic N) is 2. The van der Waals surface area contributed by atoms with Crippen molar-refractivity contribution in [2.24, 2.45) is 0 Å². The van der Waals surface area contributed by atoms with Crippen molar-refractivity contribution in [1.29, 1.82) is 0 Å². The third-order valence-electron chi connectivity index (χ3n) is 6.01. The summed E-state index contributed by atoms with van der Waals surface area (Å²) >= 11 is 12.5. The van der Waals surface area contributed by atoms with Gasteiger partial charge in [0.2, 0.25) is 11.8 Å². The van der Waals surface area contributed by atoms with Crippen molar-refractivity contribution in [3.63, 3.8) is 0 Å². The van der Waals surface area contributed by atoms with Crippen LogP contribution in [0.1, 0.15) is 31.4 Å². The molecule has 0 radical (unpaired) electrons. The molecule has 0 aliphatic rings. The number of halogens is 2. The van der Waals surface area contributed by atoms with Gasteiger partial charge in [0.15, 0.2) is 0 Å². The van der Waals surface area contributed by atoms with Crippen molar-refractivity contribution >= 4 is 50.7 Å². The normalized spacial score (nSPS) is 12.0. The number of sulfonamides is 1. The second-order valence-electron chi connectivity index (χ2n) is 8.88. The molecule has 0 fully saturated rings. The maximum Gasteiger partial charge on any atom is 0.264 e. The average molecular weight is 577 g/mol. The number of hydrogen-bond acceptors (Lipinski definition) is 4. The first-order valence-corrected chi connectivity index (χ1v) is 14.4. The Hall–Kier alpha value is -3.07. The van der Waals surface area contributed by atoms with E-state index in [0.717, 1.165) is 16.3 Å². The maximum absolute atomic E-state index is 13.8. The van der Waals surface area contributed by atoms with E-state index in [0.29, 0.717) is 22.2 Å². The van der Waals surface area contributed by atoms with Crippen LogP contribution >= 0.6 is 23.2 Å². The summed E-state index contributed by atoms with van der Waals surface area (Å²) in [5.41, 5.74) is 1.71. The zero-order valence-corrected chi connectivity index (χ0v) is 23.9. The van der Waals surface area contributed by atoms with Crippen LogP contribution in [0, 0.1) is 6.92 Å². The third kappa shape index (κ3) is 7.28. The highest BCUT2D eigenvalue weighted by Crippen LogP contribution is 2.28. The lowest BCUT2D eigenvalue weighted by Crippen LogP contribution is -2.51. The summed E-state index contributed by atoms with van der Waals surface area (Å²) in [5.74, 6) is -0.890. The van der Waals surface area contributed by atoms with Crippen LogP contribution in [0.25, 0.3) is 0 Å². The zero-order valence-electron chi connectivity index (χ0n) is 21.5. The van der Waals surface area contributed by atoms with E-state index >= 15 is 0 Å². The van der Waals surface area contributed by atoms with Crippen molar-refractivity contribution in [1.82, 2.24) is 10.2 Å². The van der Waals surface area contributed by atoms with Gasteiger partial charge in [-0.15, -0.1) is 0 Å². The minimum Gasteiger partial charge on any atom is -0.354 e. The second kappa shape index (κ2) is 13.1. The molecule has 202 valence electrons. The van der Waals surface area contributed by atoms with Crippen molar-refractivity contribution in [3.8, 4) is 0 Å². The fourth-order valence-electron chi connectivity index (χ4n) is 3.80. The fraction of sp³-hybridized carbons (Fsp3) is 0.286. The van der Waals surface area contributed by atoms with Crippen LogP contribution in [0.3, 0.4) is 0 Å². The molecule has 3 aromatic carbocycles. The molecule has 0 spiro atoms. The van der Waals surface area contributed by atoms with E-state index in [-0.39, 0.29) is 23.0 Å². The van der Waals surface area contributed by atoms with Crippen LogP contribution in [0.15, 0.2) is 77.7 Å². The maximum atomic E-state index is 13.8. The number of rotatable bonds is 11. The highest BCUT2D eigenvalue weighted by Gasteiger charge is 2.32. The van der Waals surface area contributed by atoms with Crippen molar-refractivity contribution in [3.05, 3.63) is 94.0 Å². The molecule has 0 aliphatic heterocycles. The van der Waals surface area contributed by atoms with E-state index < -0.39 is 28.5 Å². The van der Waals surface area contributed by atoms with E-state index in [2.05, 4.69) is 5.32 Å². The van der Waals surface area contributed by atoms with Crippen LogP contribution in [-0.2, 0) is 26.2 Å². The molecule has 1 unspecified atom stereocenters. The van der Waals surface area contributed by atoms with Crippen LogP contribution in [-0.4, -0.2) is 44.3 Å². The Bertz CT molecular complexity index is 1380. The minimum atomic E-state index is -4.15. The lowest BCUT2D eigenvalue weighted by atomic mass is 10.1. The number of carbonyl (C=O) groups is 2. The molecule has 0 bridgehead atoms. The summed E-state index contributed by atoms with van der Waals surface area (Å²) in [5, 5.41) is 3.66. The second-order valence-corrected chi connectivity index (χ2v) is 11.6. The molecule has 0 aromatic heterocycles. The summed E-state index contributed by atoms with van der Waals surface area (Å²) in [6, 6.07) is 18.8. The quantitative estimate of drug-likeness (QED) is 0.330. The van der Waals surface area contributed by atoms with E-state index in [1.807, 2.05) is 6.92 Å². The highest BCUT2D eigenvalue weighted by atomic mass is 35.5. The molecule has 0 saturated heterocycles. The summed E-state index contributed by atoms with van der Waals surface area (Å²) in [6.45, 7) is 5.33. The zero-order chi connectivity index (χ0) is 27.9. The smallest absolute Gasteiger partial charge is 0.264 e. The predicted octanol–water partition coefficient (Wildman–Crippen LogP) is 5.44. The Morgan fingerprint density at radius 3 is 2.32 bits per heavy atom. The Morgan fingerprint density at radius 1 is 0.974 bits per heavy atom. The number of amides is 2. The molecule has 38 heavy (non-hydrogen) atoms. The van der Waals surface area contributed by atoms with Gasteiger partial charge in [-0.3, -0.25) is 13.9 Å². The molecule has 10 heteroatoms. The molecule has 0 aliphatic carbocycles. The summed E-state index contributed by atoms with van der Waals surface area (Å²) < 4.78 is 28.5. The van der Waals surface area contributed by atoms with E-state index in [9.17, 15) is 18.0 Å². The molecule has 3 rings (SSSR count). The molecule has 0 heterocycles. The summed E-state index contributed by atoms with van der Waals surface area (Å²) in [6.07, 6.45) is 0.734. The van der Waals surface area contributed by atoms with E-state index in [1.165, 1.54) is 23.1 Å². The van der Waals surface area contributed by atoms with Crippen LogP contribution in [0.2, 0.25) is 10.0 Å². The Morgan fingerprint density at radius 2 is 1.68 bits per heavy atom. The van der Waals surface area contributed by atoms with Crippen molar-refractivity contribution < 1.29 is 18.0 Å². The van der Waals surface area contributed by atoms with Gasteiger partial charge >= 0.3 is 0 Å². The standard InChI is InChI=1S/C28H31Cl2N3O4S/c1-4-15-31-28(35)21(3)32(18-22-9-8-10-23(29)16-22)27(34)19-33(24-14-13-20(2)26(30)17-24)38(36,37)25-11-6-5-7-12-25/h5-14,16-17,21H,4,15,18-19H2,1-3H3,(H,31,35). The van der Waals surface area contributed by atoms with Gasteiger partial charge in [0.1, 0.15) is 12.6 Å². The van der Waals surface area contributed by atoms with E-state index in [4.69, 9.17) is 23.2 Å². The first-order chi connectivity index (χ1) is 18.0. The number of carbonyl (C=O) groups excluding carboxylic acids is 2. The van der Waals surface area contributed by atoms with Gasteiger partial charge in [0.25, 0.3) is 10.0 Å². The van der Waals surface area contributed by atoms with Gasteiger partial charge in [-0.2, -0.15) is 0 Å². The molecule has 7 nitrogen and oxygen atoms in total. The molecule has 1 atom stereocenters. The number of anilines is 1. The molecule has 2 amide bonds. The van der Waals surface area contributed by atoms with Gasteiger partial charge in [-0.25, -0.2) is 8.42 Å². The monoisotopic (exact) mass is 575 g/mol. The lowest BCUT2D eigenvalue weighted by Gasteiger charge is -2.32. The van der Waals surface area contributed by atoms with Gasteiger partial charge in [-0.05, 0) is 67.8 Å². The number of nitrogens with one attached hydrogen (secondary N) is 1. The number of benzene rings is 3. The largest absolute Gasteiger partial charge is 0.354 e. The molecular weight excluding hydrogens is 545 g/mol. The van der Waals surface area contributed by atoms with Crippen molar-refractivity contribution in [2.45, 2.75) is 44.7 Å². The lowest BCUT2D eigenvalue weighted by molar-refractivity contribution is -0.139. The molecule has 1 N–H and O–H groups in total. The predicted molar refractivity (Wildman–Crippen MR) is 152 cm³/mol. The van der Waals surface area contributed by atoms with Gasteiger partial charge in [0, 0.05) is 23.1 Å². The number of aryl methyl sites for hydroxylation is 1. The summed E-state index contributed by atoms with van der Waals surface area (Å²) in [4.78, 5) is 28.1. The first-order valence-electron chi connectivity index (χ1n) is 12.2. The Balaban J connectivity index is 2.03. The van der Waals surface area contributed by atoms with Crippen LogP contribution in [0.5, 0.6) is 0 Å². The van der Waals surface area contributed by atoms with Crippen LogP contribution < -0.4 is 9.62 Å². The first kappa shape index (κ1) is 29.5. The molecule has 3 aromatic rings. The summed E-state index contributed by atoms with van der Waals surface area (Å²) in [7, 11) is -4.15. The van der Waals surface area contributed by atoms with Crippen molar-refractivity contribution in [2.75, 3.05) is 17.4 Å². The topological polar surface area (TPSA) is 86.8 Å². The average Bonchev–Trinajstić information content (AvgIpc) is 2.90. The molecular formula is C28H31Cl2N3O4S. The number of hydrogen-bond donors (Lipinski definition) is 1. The van der Waals surface area contributed by atoms with E-state index in [1.54, 1.807) is 68.4 Å². The van der Waals surface area contributed by atoms with Gasteiger partial charge in [-0.1, -0.05) is 66.5 Å². The van der Waals surface area contributed by atoms with Gasteiger partial charge in [0.05, 0.1) is 10.6 Å². The Labute approximate surface area is 234 Å². The Kier molecular flexibility index (Phi) is 10.2. The SMILES string of the molecule is CCCNC(=O)C(C)N(Cc1cccc(Cl)c1)C(=O)CN(c1ccc(C)c(Cl)c1)S(=O)(=O)c1ccccc1.